The molecule has 0 radical (unpaired) electrons. The summed E-state index contributed by atoms with van der Waals surface area (Å²) in [6.45, 7) is 1.95. The molecule has 0 bridgehead atoms. The summed E-state index contributed by atoms with van der Waals surface area (Å²) < 4.78 is 4.78. The lowest BCUT2D eigenvalue weighted by molar-refractivity contribution is -0.150. The second-order valence-electron chi connectivity index (χ2n) is 6.01. The molecule has 1 aliphatic heterocycles. The quantitative estimate of drug-likeness (QED) is 0.789. The lowest BCUT2D eigenvalue weighted by Gasteiger charge is -2.37. The van der Waals surface area contributed by atoms with Gasteiger partial charge in [-0.05, 0) is 38.1 Å². The van der Waals surface area contributed by atoms with Crippen LogP contribution in [-0.2, 0) is 14.3 Å². The summed E-state index contributed by atoms with van der Waals surface area (Å²) in [5, 5.41) is 0. The number of nitrogens with zero attached hydrogens (tertiary/aromatic N) is 1. The van der Waals surface area contributed by atoms with Crippen LogP contribution >= 0.6 is 0 Å². The summed E-state index contributed by atoms with van der Waals surface area (Å²) in [6, 6.07) is 0. The molecule has 5 nitrogen and oxygen atoms in total. The second kappa shape index (κ2) is 7.07. The minimum atomic E-state index is -0.144. The van der Waals surface area contributed by atoms with Gasteiger partial charge in [0.15, 0.2) is 0 Å². The molecule has 2 atom stereocenters. The Balaban J connectivity index is 1.89. The van der Waals surface area contributed by atoms with Crippen LogP contribution in [0, 0.1) is 17.8 Å². The smallest absolute Gasteiger partial charge is 0.308 e. The number of piperidine rings is 1. The largest absolute Gasteiger partial charge is 0.469 e. The van der Waals surface area contributed by atoms with Crippen molar-refractivity contribution in [1.82, 2.24) is 4.90 Å². The molecule has 0 aromatic rings. The summed E-state index contributed by atoms with van der Waals surface area (Å²) in [5.74, 6) is 0.511. The summed E-state index contributed by atoms with van der Waals surface area (Å²) in [7, 11) is 1.42. The monoisotopic (exact) mass is 282 g/mol. The lowest BCUT2D eigenvalue weighted by atomic mass is 9.78. The number of hydrogen-bond donors (Lipinski definition) is 1. The first-order valence-electron chi connectivity index (χ1n) is 7.74. The van der Waals surface area contributed by atoms with Crippen LogP contribution in [0.2, 0.25) is 0 Å². The van der Waals surface area contributed by atoms with E-state index < -0.39 is 0 Å². The van der Waals surface area contributed by atoms with Crippen LogP contribution < -0.4 is 5.73 Å². The van der Waals surface area contributed by atoms with E-state index in [1.807, 2.05) is 4.90 Å². The minimum Gasteiger partial charge on any atom is -0.469 e. The summed E-state index contributed by atoms with van der Waals surface area (Å²) in [4.78, 5) is 26.1. The van der Waals surface area contributed by atoms with Gasteiger partial charge in [-0.25, -0.2) is 0 Å². The van der Waals surface area contributed by atoms with Gasteiger partial charge in [0.2, 0.25) is 5.91 Å². The fraction of sp³-hybridized carbons (Fsp3) is 0.867. The zero-order valence-electron chi connectivity index (χ0n) is 12.3. The highest BCUT2D eigenvalue weighted by atomic mass is 16.5. The minimum absolute atomic E-state index is 0.0410. The molecule has 2 rings (SSSR count). The van der Waals surface area contributed by atoms with Crippen molar-refractivity contribution >= 4 is 11.9 Å². The van der Waals surface area contributed by atoms with E-state index in [0.717, 1.165) is 32.1 Å². The van der Waals surface area contributed by atoms with E-state index >= 15 is 0 Å². The van der Waals surface area contributed by atoms with Gasteiger partial charge >= 0.3 is 5.97 Å². The Hall–Kier alpha value is -1.10. The number of ether oxygens (including phenoxy) is 1. The van der Waals surface area contributed by atoms with Crippen LogP contribution in [0.1, 0.15) is 38.5 Å². The summed E-state index contributed by atoms with van der Waals surface area (Å²) >= 11 is 0. The van der Waals surface area contributed by atoms with Crippen molar-refractivity contribution in [3.63, 3.8) is 0 Å². The van der Waals surface area contributed by atoms with Gasteiger partial charge in [-0.1, -0.05) is 12.8 Å². The fourth-order valence-electron chi connectivity index (χ4n) is 3.55. The predicted octanol–water partition coefficient (Wildman–Crippen LogP) is 1.16. The highest BCUT2D eigenvalue weighted by Crippen LogP contribution is 2.32. The first kappa shape index (κ1) is 15.3. The van der Waals surface area contributed by atoms with Crippen LogP contribution in [0.3, 0.4) is 0 Å². The van der Waals surface area contributed by atoms with Gasteiger partial charge in [-0.2, -0.15) is 0 Å². The van der Waals surface area contributed by atoms with Crippen LogP contribution in [0.5, 0.6) is 0 Å². The van der Waals surface area contributed by atoms with Crippen molar-refractivity contribution in [3.8, 4) is 0 Å². The van der Waals surface area contributed by atoms with Gasteiger partial charge in [-0.15, -0.1) is 0 Å². The van der Waals surface area contributed by atoms with Crippen molar-refractivity contribution in [1.29, 1.82) is 0 Å². The van der Waals surface area contributed by atoms with E-state index in [9.17, 15) is 9.59 Å². The van der Waals surface area contributed by atoms with E-state index in [1.165, 1.54) is 13.5 Å². The van der Waals surface area contributed by atoms with Crippen molar-refractivity contribution < 1.29 is 14.3 Å². The Morgan fingerprint density at radius 3 is 2.40 bits per heavy atom. The second-order valence-corrected chi connectivity index (χ2v) is 6.01. The van der Waals surface area contributed by atoms with Gasteiger partial charge < -0.3 is 15.4 Å². The van der Waals surface area contributed by atoms with Crippen molar-refractivity contribution in [3.05, 3.63) is 0 Å². The van der Waals surface area contributed by atoms with Crippen molar-refractivity contribution in [2.45, 2.75) is 38.5 Å². The fourth-order valence-corrected chi connectivity index (χ4v) is 3.55. The third kappa shape index (κ3) is 3.32. The van der Waals surface area contributed by atoms with Crippen LogP contribution in [0.25, 0.3) is 0 Å². The van der Waals surface area contributed by atoms with Gasteiger partial charge in [0, 0.05) is 19.0 Å². The summed E-state index contributed by atoms with van der Waals surface area (Å²) in [6.07, 6.45) is 5.81. The topological polar surface area (TPSA) is 72.6 Å². The number of methoxy groups -OCH3 is 1. The maximum absolute atomic E-state index is 12.6. The van der Waals surface area contributed by atoms with Crippen LogP contribution in [-0.4, -0.2) is 43.5 Å². The van der Waals surface area contributed by atoms with E-state index in [-0.39, 0.29) is 23.7 Å². The number of carbonyl (C=O) groups excluding carboxylic acids is 2. The Morgan fingerprint density at radius 1 is 1.15 bits per heavy atom. The number of hydrogen-bond acceptors (Lipinski definition) is 4. The first-order valence-corrected chi connectivity index (χ1v) is 7.74. The normalized spacial score (nSPS) is 28.2. The third-order valence-electron chi connectivity index (χ3n) is 4.87. The Labute approximate surface area is 120 Å². The molecule has 1 saturated heterocycles. The molecule has 2 aliphatic rings. The number of rotatable bonds is 3. The Bertz CT molecular complexity index is 351. The highest BCUT2D eigenvalue weighted by molar-refractivity contribution is 5.80. The molecule has 2 unspecified atom stereocenters. The predicted molar refractivity (Wildman–Crippen MR) is 75.8 cm³/mol. The average molecular weight is 282 g/mol. The molecule has 5 heteroatoms. The molecular weight excluding hydrogens is 256 g/mol. The molecule has 20 heavy (non-hydrogen) atoms. The molecule has 0 aromatic heterocycles. The summed E-state index contributed by atoms with van der Waals surface area (Å²) in [5.41, 5.74) is 5.81. The molecule has 0 spiro atoms. The van der Waals surface area contributed by atoms with Crippen molar-refractivity contribution in [2.24, 2.45) is 23.5 Å². The average Bonchev–Trinajstić information content (AvgIpc) is 2.53. The number of likely N-dealkylation sites (tertiary alicyclic amines) is 1. The van der Waals surface area contributed by atoms with E-state index in [0.29, 0.717) is 25.6 Å². The number of nitrogens with two attached hydrogens (primary N) is 1. The molecule has 2 N–H and O–H groups in total. The maximum atomic E-state index is 12.6. The Kier molecular flexibility index (Phi) is 5.40. The van der Waals surface area contributed by atoms with Gasteiger partial charge in [-0.3, -0.25) is 9.59 Å². The number of amides is 1. The van der Waals surface area contributed by atoms with Gasteiger partial charge in [0.05, 0.1) is 13.0 Å². The molecule has 1 heterocycles. The molecule has 2 fully saturated rings. The third-order valence-corrected chi connectivity index (χ3v) is 4.87. The van der Waals surface area contributed by atoms with Crippen molar-refractivity contribution in [2.75, 3.05) is 26.7 Å². The molecule has 1 amide bonds. The van der Waals surface area contributed by atoms with E-state index in [2.05, 4.69) is 0 Å². The Morgan fingerprint density at radius 2 is 1.80 bits per heavy atom. The highest BCUT2D eigenvalue weighted by Gasteiger charge is 2.35. The standard InChI is InChI=1S/C15H26N2O3/c1-20-15(19)11-6-8-17(9-7-11)14(18)13-5-3-2-4-12(13)10-16/h11-13H,2-10,16H2,1H3. The maximum Gasteiger partial charge on any atom is 0.308 e. The van der Waals surface area contributed by atoms with E-state index in [1.54, 1.807) is 0 Å². The van der Waals surface area contributed by atoms with Crippen LogP contribution in [0.4, 0.5) is 0 Å². The first-order chi connectivity index (χ1) is 9.67. The molecule has 1 aliphatic carbocycles. The van der Waals surface area contributed by atoms with E-state index in [4.69, 9.17) is 10.5 Å². The molecule has 0 aromatic carbocycles. The number of carbonyl (C=O) groups is 2. The van der Waals surface area contributed by atoms with Gasteiger partial charge in [0.1, 0.15) is 0 Å². The zero-order chi connectivity index (χ0) is 14.5. The zero-order valence-corrected chi connectivity index (χ0v) is 12.3. The lowest BCUT2D eigenvalue weighted by Crippen LogP contribution is -2.46. The molecule has 1 saturated carbocycles. The van der Waals surface area contributed by atoms with Crippen LogP contribution in [0.15, 0.2) is 0 Å². The van der Waals surface area contributed by atoms with Gasteiger partial charge in [0.25, 0.3) is 0 Å². The number of esters is 1. The SMILES string of the molecule is COC(=O)C1CCN(C(=O)C2CCCCC2CN)CC1. The molecule has 114 valence electrons. The molecular formula is C15H26N2O3.